The fraction of sp³-hybridized carbons (Fsp3) is 0.303. The molecule has 0 bridgehead atoms. The highest BCUT2D eigenvalue weighted by Crippen LogP contribution is 2.44. The van der Waals surface area contributed by atoms with Crippen LogP contribution in [0.3, 0.4) is 0 Å². The molecule has 3 aromatic carbocycles. The Kier molecular flexibility index (Phi) is 7.35. The van der Waals surface area contributed by atoms with Gasteiger partial charge < -0.3 is 9.47 Å². The first-order valence-corrected chi connectivity index (χ1v) is 14.3. The van der Waals surface area contributed by atoms with E-state index in [2.05, 4.69) is 60.5 Å². The van der Waals surface area contributed by atoms with E-state index in [0.29, 0.717) is 0 Å². The molecule has 5 rings (SSSR count). The summed E-state index contributed by atoms with van der Waals surface area (Å²) in [4.78, 5) is 14.2. The van der Waals surface area contributed by atoms with Gasteiger partial charge in [0.1, 0.15) is 11.1 Å². The van der Waals surface area contributed by atoms with Crippen LogP contribution in [0.1, 0.15) is 54.4 Å². The van der Waals surface area contributed by atoms with Crippen molar-refractivity contribution in [3.05, 3.63) is 94.4 Å². The summed E-state index contributed by atoms with van der Waals surface area (Å²) in [6.45, 7) is 6.15. The highest BCUT2D eigenvalue weighted by Gasteiger charge is 2.34. The summed E-state index contributed by atoms with van der Waals surface area (Å²) in [5, 5.41) is 3.69. The smallest absolute Gasteiger partial charge is 0.345 e. The number of carbonyl (C=O) groups is 1. The summed E-state index contributed by atoms with van der Waals surface area (Å²) in [7, 11) is -0.0906. The maximum atomic E-state index is 13.0. The van der Waals surface area contributed by atoms with Crippen molar-refractivity contribution < 1.29 is 14.3 Å². The van der Waals surface area contributed by atoms with Crippen molar-refractivity contribution in [1.82, 2.24) is 0 Å². The third-order valence-electron chi connectivity index (χ3n) is 7.04. The molecule has 0 aliphatic heterocycles. The molecular weight excluding hydrogens is 476 g/mol. The Labute approximate surface area is 222 Å². The normalized spacial score (nSPS) is 15.1. The third-order valence-corrected chi connectivity index (χ3v) is 9.21. The second-order valence-electron chi connectivity index (χ2n) is 9.95. The van der Waals surface area contributed by atoms with Crippen molar-refractivity contribution in [3.8, 4) is 22.5 Å². The zero-order chi connectivity index (χ0) is 25.8. The number of hydrogen-bond acceptors (Lipinski definition) is 3. The van der Waals surface area contributed by atoms with Crippen LogP contribution < -0.4 is 4.74 Å². The lowest BCUT2D eigenvalue weighted by atomic mass is 9.85. The topological polar surface area (TPSA) is 35.5 Å². The molecule has 37 heavy (non-hydrogen) atoms. The first-order chi connectivity index (χ1) is 17.9. The number of thiophene rings is 1. The fourth-order valence-electron chi connectivity index (χ4n) is 5.21. The van der Waals surface area contributed by atoms with Crippen molar-refractivity contribution in [1.29, 1.82) is 0 Å². The molecule has 1 aromatic heterocycles. The van der Waals surface area contributed by atoms with Crippen molar-refractivity contribution in [3.63, 3.8) is 0 Å². The van der Waals surface area contributed by atoms with E-state index in [4.69, 9.17) is 9.47 Å². The van der Waals surface area contributed by atoms with Crippen LogP contribution in [0.15, 0.2) is 72.1 Å². The molecule has 1 aliphatic rings. The van der Waals surface area contributed by atoms with Crippen LogP contribution in [0.5, 0.6) is 5.75 Å². The summed E-state index contributed by atoms with van der Waals surface area (Å²) in [6, 6.07) is 22.9. The van der Waals surface area contributed by atoms with Crippen molar-refractivity contribution in [2.24, 2.45) is 0 Å². The largest absolute Gasteiger partial charge is 0.481 e. The predicted molar refractivity (Wildman–Crippen MR) is 153 cm³/mol. The monoisotopic (exact) mass is 509 g/mol. The number of hydrogen-bond donors (Lipinski definition) is 0. The number of esters is 1. The quantitative estimate of drug-likeness (QED) is 0.155. The lowest BCUT2D eigenvalue weighted by Crippen LogP contribution is -2.37. The molecule has 188 valence electrons. The molecule has 0 spiro atoms. The van der Waals surface area contributed by atoms with E-state index in [-0.39, 0.29) is 23.0 Å². The van der Waals surface area contributed by atoms with Crippen LogP contribution >= 0.6 is 10.5 Å². The van der Waals surface area contributed by atoms with Gasteiger partial charge in [-0.3, -0.25) is 0 Å². The van der Waals surface area contributed by atoms with Gasteiger partial charge in [-0.2, -0.15) is 0 Å². The van der Waals surface area contributed by atoms with Crippen molar-refractivity contribution >= 4 is 26.5 Å². The maximum absolute atomic E-state index is 13.0. The summed E-state index contributed by atoms with van der Waals surface area (Å²) < 4.78 is 13.4. The minimum absolute atomic E-state index is 0.0906. The lowest BCUT2D eigenvalue weighted by Gasteiger charge is -2.32. The Morgan fingerprint density at radius 3 is 2.30 bits per heavy atom. The number of carbonyl (C=O) groups excluding carboxylic acids is 1. The average Bonchev–Trinajstić information content (AvgIpc) is 3.25. The van der Waals surface area contributed by atoms with Crippen LogP contribution in [0.4, 0.5) is 0 Å². The number of fused-ring (bicyclic) bond motifs is 1. The Hall–Kier alpha value is -3.55. The Bertz CT molecular complexity index is 1460. The molecule has 0 amide bonds. The van der Waals surface area contributed by atoms with Gasteiger partial charge in [-0.05, 0) is 87.8 Å². The first kappa shape index (κ1) is 25.1. The summed E-state index contributed by atoms with van der Waals surface area (Å²) >= 11 is 0. The van der Waals surface area contributed by atoms with Gasteiger partial charge in [0.25, 0.3) is 0 Å². The summed E-state index contributed by atoms with van der Waals surface area (Å²) in [5.74, 6) is 6.92. The van der Waals surface area contributed by atoms with Gasteiger partial charge in [-0.1, -0.05) is 42.7 Å². The van der Waals surface area contributed by atoms with E-state index in [0.717, 1.165) is 54.5 Å². The van der Waals surface area contributed by atoms with E-state index in [1.54, 1.807) is 0 Å². The second-order valence-corrected chi connectivity index (χ2v) is 11.8. The standard InChI is InChI=1S/C33H33O3S/c1-24-20-28(37-23-26(3)29-14-8-9-15-30(29)37)21-25(2)32(24)35-22-31(34)36-33(17-10-5-11-18-33)19-16-27-12-6-4-7-13-27/h4,6-9,12-15,20-21,23H,5,10-11,17-18,22H2,1-3H3/q+1. The van der Waals surface area contributed by atoms with Gasteiger partial charge >= 0.3 is 5.97 Å². The zero-order valence-corrected chi connectivity index (χ0v) is 22.6. The second kappa shape index (κ2) is 10.8. The van der Waals surface area contributed by atoms with Gasteiger partial charge in [-0.25, -0.2) is 4.79 Å². The van der Waals surface area contributed by atoms with Gasteiger partial charge in [0.15, 0.2) is 21.8 Å². The molecule has 3 nitrogen and oxygen atoms in total. The molecular formula is C33H33O3S+. The van der Waals surface area contributed by atoms with Gasteiger partial charge in [0.05, 0.1) is 0 Å². The van der Waals surface area contributed by atoms with Crippen LogP contribution in [-0.2, 0) is 9.53 Å². The molecule has 1 fully saturated rings. The molecule has 1 saturated carbocycles. The van der Waals surface area contributed by atoms with Gasteiger partial charge in [0.2, 0.25) is 0 Å². The SMILES string of the molecule is Cc1cc(-[s+]2cc(C)c3ccccc32)cc(C)c1OCC(=O)OC1(C#Cc2ccccc2)CCCCC1. The number of aryl methyl sites for hydroxylation is 3. The van der Waals surface area contributed by atoms with Crippen LogP contribution in [0.25, 0.3) is 15.0 Å². The molecule has 0 saturated heterocycles. The minimum atomic E-state index is -0.732. The van der Waals surface area contributed by atoms with E-state index in [1.807, 2.05) is 44.2 Å². The number of rotatable bonds is 5. The Morgan fingerprint density at radius 1 is 0.892 bits per heavy atom. The molecule has 4 heteroatoms. The molecule has 1 unspecified atom stereocenters. The van der Waals surface area contributed by atoms with Crippen molar-refractivity contribution in [2.45, 2.75) is 58.5 Å². The lowest BCUT2D eigenvalue weighted by molar-refractivity contribution is -0.159. The van der Waals surface area contributed by atoms with Crippen molar-refractivity contribution in [2.75, 3.05) is 6.61 Å². The highest BCUT2D eigenvalue weighted by atomic mass is 32.2. The summed E-state index contributed by atoms with van der Waals surface area (Å²) in [5.41, 5.74) is 3.58. The number of benzene rings is 3. The molecule has 4 aromatic rings. The van der Waals surface area contributed by atoms with E-state index < -0.39 is 5.60 Å². The minimum Gasteiger partial charge on any atom is -0.481 e. The van der Waals surface area contributed by atoms with E-state index in [9.17, 15) is 4.79 Å². The molecule has 1 aliphatic carbocycles. The van der Waals surface area contributed by atoms with Crippen LogP contribution in [-0.4, -0.2) is 18.2 Å². The predicted octanol–water partition coefficient (Wildman–Crippen LogP) is 8.18. The average molecular weight is 510 g/mol. The van der Waals surface area contributed by atoms with Crippen LogP contribution in [0.2, 0.25) is 0 Å². The molecule has 1 atom stereocenters. The zero-order valence-electron chi connectivity index (χ0n) is 21.8. The summed E-state index contributed by atoms with van der Waals surface area (Å²) in [6.07, 6.45) is 4.70. The fourth-order valence-corrected chi connectivity index (χ4v) is 7.51. The van der Waals surface area contributed by atoms with Gasteiger partial charge in [-0.15, -0.1) is 0 Å². The number of ether oxygens (including phenoxy) is 2. The first-order valence-electron chi connectivity index (χ1n) is 13.0. The van der Waals surface area contributed by atoms with E-state index >= 15 is 0 Å². The van der Waals surface area contributed by atoms with E-state index in [1.165, 1.54) is 20.5 Å². The molecule has 0 radical (unpaired) electrons. The van der Waals surface area contributed by atoms with Crippen LogP contribution in [0, 0.1) is 32.6 Å². The Morgan fingerprint density at radius 2 is 1.57 bits per heavy atom. The highest BCUT2D eigenvalue weighted by molar-refractivity contribution is 7.43. The molecule has 1 heterocycles. The maximum Gasteiger partial charge on any atom is 0.345 e. The van der Waals surface area contributed by atoms with Gasteiger partial charge in [0, 0.05) is 39.1 Å². The Balaban J connectivity index is 1.31. The molecule has 0 N–H and O–H groups in total. The third kappa shape index (κ3) is 5.58.